The van der Waals surface area contributed by atoms with Gasteiger partial charge in [-0.3, -0.25) is 4.79 Å². The van der Waals surface area contributed by atoms with Gasteiger partial charge in [-0.25, -0.2) is 19.6 Å². The summed E-state index contributed by atoms with van der Waals surface area (Å²) in [6.45, 7) is 4.32. The molecular formula is C20H22N8O2. The number of benzene rings is 1. The number of aromatic nitrogens is 5. The zero-order valence-electron chi connectivity index (χ0n) is 16.4. The molecule has 2 aliphatic heterocycles. The van der Waals surface area contributed by atoms with Crippen LogP contribution in [-0.2, 0) is 4.79 Å². The number of amides is 1. The smallest absolute Gasteiger partial charge is 0.229 e. The lowest BCUT2D eigenvalue weighted by Crippen LogP contribution is -2.58. The van der Waals surface area contributed by atoms with Gasteiger partial charge in [0.25, 0.3) is 0 Å². The van der Waals surface area contributed by atoms with E-state index in [1.807, 2.05) is 23.1 Å². The van der Waals surface area contributed by atoms with E-state index in [9.17, 15) is 9.90 Å². The number of piperazine rings is 1. The molecule has 0 spiro atoms. The minimum Gasteiger partial charge on any atom is -0.508 e. The normalized spacial score (nSPS) is 17.1. The Morgan fingerprint density at radius 1 is 0.933 bits per heavy atom. The van der Waals surface area contributed by atoms with Crippen molar-refractivity contribution in [3.8, 4) is 11.6 Å². The fraction of sp³-hybridized carbons (Fsp3) is 0.350. The molecule has 30 heavy (non-hydrogen) atoms. The molecule has 1 N–H and O–H groups in total. The van der Waals surface area contributed by atoms with E-state index < -0.39 is 0 Å². The van der Waals surface area contributed by atoms with E-state index in [0.717, 1.165) is 24.6 Å². The highest BCUT2D eigenvalue weighted by Gasteiger charge is 2.37. The quantitative estimate of drug-likeness (QED) is 0.670. The molecule has 5 rings (SSSR count). The molecule has 3 aromatic rings. The van der Waals surface area contributed by atoms with Crippen LogP contribution < -0.4 is 9.80 Å². The number of aromatic hydroxyl groups is 1. The second-order valence-electron chi connectivity index (χ2n) is 7.51. The number of hydrogen-bond donors (Lipinski definition) is 1. The average Bonchev–Trinajstić information content (AvgIpc) is 3.29. The maximum atomic E-state index is 12.9. The lowest BCUT2D eigenvalue weighted by Gasteiger charge is -2.43. The van der Waals surface area contributed by atoms with Crippen LogP contribution in [0, 0.1) is 5.92 Å². The van der Waals surface area contributed by atoms with Gasteiger partial charge in [0.2, 0.25) is 5.91 Å². The van der Waals surface area contributed by atoms with Crippen LogP contribution in [-0.4, -0.2) is 79.9 Å². The molecule has 2 aliphatic rings. The first kappa shape index (κ1) is 18.3. The van der Waals surface area contributed by atoms with Crippen molar-refractivity contribution in [1.29, 1.82) is 0 Å². The number of nitrogens with zero attached hydrogens (tertiary/aromatic N) is 8. The molecule has 1 amide bonds. The molecule has 0 unspecified atom stereocenters. The molecule has 10 heteroatoms. The van der Waals surface area contributed by atoms with Crippen molar-refractivity contribution in [2.24, 2.45) is 5.92 Å². The monoisotopic (exact) mass is 406 g/mol. The maximum absolute atomic E-state index is 12.9. The molecule has 2 aromatic heterocycles. The van der Waals surface area contributed by atoms with Crippen LogP contribution in [0.25, 0.3) is 5.82 Å². The van der Waals surface area contributed by atoms with E-state index >= 15 is 0 Å². The summed E-state index contributed by atoms with van der Waals surface area (Å²) in [4.78, 5) is 31.7. The molecule has 4 heterocycles. The second-order valence-corrected chi connectivity index (χ2v) is 7.51. The molecule has 1 aromatic carbocycles. The van der Waals surface area contributed by atoms with Gasteiger partial charge in [0.05, 0.1) is 5.92 Å². The Bertz CT molecular complexity index is 1010. The molecule has 0 atom stereocenters. The Morgan fingerprint density at radius 3 is 2.37 bits per heavy atom. The van der Waals surface area contributed by atoms with Crippen LogP contribution in [0.2, 0.25) is 0 Å². The third kappa shape index (κ3) is 3.51. The highest BCUT2D eigenvalue weighted by atomic mass is 16.3. The molecule has 10 nitrogen and oxygen atoms in total. The summed E-state index contributed by atoms with van der Waals surface area (Å²) in [5.74, 6) is 1.91. The molecule has 0 aliphatic carbocycles. The molecule has 0 radical (unpaired) electrons. The zero-order chi connectivity index (χ0) is 20.5. The van der Waals surface area contributed by atoms with Gasteiger partial charge < -0.3 is 19.8 Å². The maximum Gasteiger partial charge on any atom is 0.229 e. The van der Waals surface area contributed by atoms with E-state index in [0.29, 0.717) is 32.0 Å². The predicted octanol–water partition coefficient (Wildman–Crippen LogP) is 0.548. The zero-order valence-corrected chi connectivity index (χ0v) is 16.4. The summed E-state index contributed by atoms with van der Waals surface area (Å²) in [5.41, 5.74) is 1.07. The Hall–Kier alpha value is -3.69. The summed E-state index contributed by atoms with van der Waals surface area (Å²) in [6, 6.07) is 9.05. The van der Waals surface area contributed by atoms with Gasteiger partial charge in [-0.05, 0) is 24.3 Å². The lowest BCUT2D eigenvalue weighted by atomic mass is 9.98. The Morgan fingerprint density at radius 2 is 1.67 bits per heavy atom. The molecule has 2 saturated heterocycles. The van der Waals surface area contributed by atoms with Crippen LogP contribution >= 0.6 is 0 Å². The van der Waals surface area contributed by atoms with E-state index in [-0.39, 0.29) is 17.6 Å². The summed E-state index contributed by atoms with van der Waals surface area (Å²) < 4.78 is 1.58. The van der Waals surface area contributed by atoms with Gasteiger partial charge in [0, 0.05) is 51.0 Å². The third-order valence-electron chi connectivity index (χ3n) is 5.65. The molecule has 0 bridgehead atoms. The number of phenolic OH excluding ortho intramolecular Hbond substituents is 1. The Kier molecular flexibility index (Phi) is 4.66. The fourth-order valence-electron chi connectivity index (χ4n) is 3.89. The predicted molar refractivity (Wildman–Crippen MR) is 110 cm³/mol. The van der Waals surface area contributed by atoms with Crippen LogP contribution in [0.15, 0.2) is 49.3 Å². The summed E-state index contributed by atoms with van der Waals surface area (Å²) in [5, 5.41) is 13.5. The van der Waals surface area contributed by atoms with Crippen LogP contribution in [0.1, 0.15) is 0 Å². The average molecular weight is 406 g/mol. The van der Waals surface area contributed by atoms with Crippen molar-refractivity contribution in [3.63, 3.8) is 0 Å². The first-order valence-corrected chi connectivity index (χ1v) is 9.92. The van der Waals surface area contributed by atoms with Crippen molar-refractivity contribution in [2.75, 3.05) is 49.1 Å². The van der Waals surface area contributed by atoms with Crippen molar-refractivity contribution in [2.45, 2.75) is 0 Å². The van der Waals surface area contributed by atoms with E-state index in [2.05, 4.69) is 29.9 Å². The minimum atomic E-state index is -0.00462. The van der Waals surface area contributed by atoms with Crippen molar-refractivity contribution in [3.05, 3.63) is 49.3 Å². The lowest BCUT2D eigenvalue weighted by molar-refractivity contribution is -0.136. The van der Waals surface area contributed by atoms with E-state index in [4.69, 9.17) is 0 Å². The first-order valence-electron chi connectivity index (χ1n) is 9.92. The Labute approximate surface area is 173 Å². The van der Waals surface area contributed by atoms with Gasteiger partial charge in [-0.15, -0.1) is 0 Å². The van der Waals surface area contributed by atoms with Crippen LogP contribution in [0.4, 0.5) is 11.5 Å². The topological polar surface area (TPSA) is 104 Å². The standard InChI is InChI=1S/C20H22N8O2/c29-17-3-1-16(2-4-17)25-5-7-26(8-6-25)20(30)15-10-27(11-15)18-9-19(23-13-22-18)28-14-21-12-24-28/h1-4,9,12-15,29H,5-8,10-11H2. The molecule has 2 fully saturated rings. The highest BCUT2D eigenvalue weighted by molar-refractivity contribution is 5.82. The van der Waals surface area contributed by atoms with E-state index in [1.54, 1.807) is 23.1 Å². The number of carbonyl (C=O) groups excluding carboxylic acids is 1. The van der Waals surface area contributed by atoms with Gasteiger partial charge in [-0.1, -0.05) is 0 Å². The number of hydrogen-bond acceptors (Lipinski definition) is 8. The van der Waals surface area contributed by atoms with Crippen molar-refractivity contribution < 1.29 is 9.90 Å². The van der Waals surface area contributed by atoms with Crippen LogP contribution in [0.3, 0.4) is 0 Å². The van der Waals surface area contributed by atoms with Gasteiger partial charge >= 0.3 is 0 Å². The number of phenols is 1. The Balaban J connectivity index is 1.15. The first-order chi connectivity index (χ1) is 14.7. The summed E-state index contributed by atoms with van der Waals surface area (Å²) >= 11 is 0. The SMILES string of the molecule is O=C(C1CN(c2cc(-n3cncn3)ncn2)C1)N1CCN(c2ccc(O)cc2)CC1. The number of rotatable bonds is 4. The third-order valence-corrected chi connectivity index (χ3v) is 5.65. The summed E-state index contributed by atoms with van der Waals surface area (Å²) in [6.07, 6.45) is 4.55. The summed E-state index contributed by atoms with van der Waals surface area (Å²) in [7, 11) is 0. The van der Waals surface area contributed by atoms with Gasteiger partial charge in [-0.2, -0.15) is 5.10 Å². The van der Waals surface area contributed by atoms with Crippen LogP contribution in [0.5, 0.6) is 5.75 Å². The number of carbonyl (C=O) groups is 1. The highest BCUT2D eigenvalue weighted by Crippen LogP contribution is 2.26. The minimum absolute atomic E-state index is 0.00462. The van der Waals surface area contributed by atoms with Gasteiger partial charge in [0.15, 0.2) is 5.82 Å². The van der Waals surface area contributed by atoms with Gasteiger partial charge in [0.1, 0.15) is 30.5 Å². The molecule has 154 valence electrons. The molecular weight excluding hydrogens is 384 g/mol. The van der Waals surface area contributed by atoms with E-state index in [1.165, 1.54) is 12.7 Å². The number of anilines is 2. The van der Waals surface area contributed by atoms with Crippen molar-refractivity contribution >= 4 is 17.4 Å². The largest absolute Gasteiger partial charge is 0.508 e. The fourth-order valence-corrected chi connectivity index (χ4v) is 3.89. The second kappa shape index (κ2) is 7.62. The molecule has 0 saturated carbocycles. The van der Waals surface area contributed by atoms with Crippen molar-refractivity contribution in [1.82, 2.24) is 29.6 Å².